The molecule has 1 fully saturated rings. The van der Waals surface area contributed by atoms with Crippen LogP contribution in [0.1, 0.15) is 13.3 Å². The van der Waals surface area contributed by atoms with E-state index in [4.69, 9.17) is 11.6 Å². The van der Waals surface area contributed by atoms with Crippen LogP contribution in [0, 0.1) is 0 Å². The molecule has 1 aromatic rings. The van der Waals surface area contributed by atoms with E-state index in [1.54, 1.807) is 6.92 Å². The van der Waals surface area contributed by atoms with E-state index in [9.17, 15) is 13.5 Å². The van der Waals surface area contributed by atoms with Crippen molar-refractivity contribution in [2.45, 2.75) is 23.8 Å². The largest absolute Gasteiger partial charge is 0.389 e. The minimum Gasteiger partial charge on any atom is -0.389 e. The Kier molecular flexibility index (Phi) is 3.77. The van der Waals surface area contributed by atoms with Crippen LogP contribution < -0.4 is 0 Å². The summed E-state index contributed by atoms with van der Waals surface area (Å²) in [7, 11) is -3.56. The zero-order chi connectivity index (χ0) is 13.6. The summed E-state index contributed by atoms with van der Waals surface area (Å²) in [4.78, 5) is 0.177. The molecular formula is C11H13BrClNO3S. The maximum absolute atomic E-state index is 12.3. The lowest BCUT2D eigenvalue weighted by molar-refractivity contribution is 0.0762. The number of hydrogen-bond acceptors (Lipinski definition) is 3. The summed E-state index contributed by atoms with van der Waals surface area (Å²) in [6, 6.07) is 4.48. The average molecular weight is 355 g/mol. The second-order valence-corrected chi connectivity index (χ2v) is 7.86. The van der Waals surface area contributed by atoms with E-state index >= 15 is 0 Å². The Morgan fingerprint density at radius 3 is 2.67 bits per heavy atom. The smallest absolute Gasteiger partial charge is 0.243 e. The standard InChI is InChI=1S/C11H13BrClNO3S/c1-11(15)4-5-14(7-11)18(16,17)8-2-3-10(13)9(12)6-8/h2-3,6,15H,4-5,7H2,1H3. The molecule has 0 aromatic heterocycles. The van der Waals surface area contributed by atoms with E-state index in [1.807, 2.05) is 0 Å². The average Bonchev–Trinajstić information content (AvgIpc) is 2.63. The second kappa shape index (κ2) is 4.76. The van der Waals surface area contributed by atoms with Gasteiger partial charge in [0, 0.05) is 17.6 Å². The molecule has 0 spiro atoms. The predicted octanol–water partition coefficient (Wildman–Crippen LogP) is 2.25. The number of rotatable bonds is 2. The first-order chi connectivity index (χ1) is 8.22. The van der Waals surface area contributed by atoms with Crippen molar-refractivity contribution in [2.24, 2.45) is 0 Å². The molecule has 1 aliphatic rings. The Hall–Kier alpha value is -0.140. The molecule has 0 bridgehead atoms. The molecule has 0 amide bonds. The topological polar surface area (TPSA) is 57.6 Å². The normalized spacial score (nSPS) is 25.6. The van der Waals surface area contributed by atoms with Crippen LogP contribution in [-0.2, 0) is 10.0 Å². The Bertz CT molecular complexity index is 574. The van der Waals surface area contributed by atoms with Crippen molar-refractivity contribution in [3.05, 3.63) is 27.7 Å². The van der Waals surface area contributed by atoms with E-state index in [0.29, 0.717) is 22.5 Å². The third kappa shape index (κ3) is 2.72. The Balaban J connectivity index is 2.34. The van der Waals surface area contributed by atoms with Crippen LogP contribution in [0.15, 0.2) is 27.6 Å². The van der Waals surface area contributed by atoms with E-state index in [1.165, 1.54) is 22.5 Å². The van der Waals surface area contributed by atoms with Gasteiger partial charge in [0.25, 0.3) is 0 Å². The molecule has 1 aromatic carbocycles. The molecular weight excluding hydrogens is 342 g/mol. The van der Waals surface area contributed by atoms with E-state index < -0.39 is 15.6 Å². The zero-order valence-corrected chi connectivity index (χ0v) is 12.9. The van der Waals surface area contributed by atoms with Crippen LogP contribution in [0.3, 0.4) is 0 Å². The number of nitrogens with zero attached hydrogens (tertiary/aromatic N) is 1. The zero-order valence-electron chi connectivity index (χ0n) is 9.73. The number of hydrogen-bond donors (Lipinski definition) is 1. The van der Waals surface area contributed by atoms with Gasteiger partial charge in [-0.1, -0.05) is 11.6 Å². The first-order valence-corrected chi connectivity index (χ1v) is 8.01. The molecule has 1 saturated heterocycles. The van der Waals surface area contributed by atoms with Crippen molar-refractivity contribution in [2.75, 3.05) is 13.1 Å². The third-order valence-electron chi connectivity index (χ3n) is 2.95. The molecule has 1 aliphatic heterocycles. The Morgan fingerprint density at radius 2 is 2.17 bits per heavy atom. The van der Waals surface area contributed by atoms with Gasteiger partial charge >= 0.3 is 0 Å². The Morgan fingerprint density at radius 1 is 1.50 bits per heavy atom. The van der Waals surface area contributed by atoms with Crippen molar-refractivity contribution in [3.63, 3.8) is 0 Å². The van der Waals surface area contributed by atoms with Crippen LogP contribution in [0.4, 0.5) is 0 Å². The summed E-state index contributed by atoms with van der Waals surface area (Å²) < 4.78 is 26.5. The van der Waals surface area contributed by atoms with Crippen LogP contribution in [0.2, 0.25) is 5.02 Å². The van der Waals surface area contributed by atoms with Crippen molar-refractivity contribution >= 4 is 37.6 Å². The van der Waals surface area contributed by atoms with Crippen LogP contribution in [0.5, 0.6) is 0 Å². The van der Waals surface area contributed by atoms with Gasteiger partial charge in [0.2, 0.25) is 10.0 Å². The quantitative estimate of drug-likeness (QED) is 0.886. The molecule has 18 heavy (non-hydrogen) atoms. The highest BCUT2D eigenvalue weighted by Crippen LogP contribution is 2.30. The number of sulfonamides is 1. The lowest BCUT2D eigenvalue weighted by atomic mass is 10.1. The second-order valence-electron chi connectivity index (χ2n) is 4.66. The van der Waals surface area contributed by atoms with E-state index in [2.05, 4.69) is 15.9 Å². The van der Waals surface area contributed by atoms with Gasteiger partial charge in [-0.2, -0.15) is 4.31 Å². The van der Waals surface area contributed by atoms with Gasteiger partial charge in [0.15, 0.2) is 0 Å². The fourth-order valence-electron chi connectivity index (χ4n) is 1.90. The molecule has 4 nitrogen and oxygen atoms in total. The summed E-state index contributed by atoms with van der Waals surface area (Å²) in [6.45, 7) is 2.09. The number of β-amino-alcohol motifs (C(OH)–C–C–N with tert-alkyl or cyclic N) is 1. The van der Waals surface area contributed by atoms with Crippen molar-refractivity contribution < 1.29 is 13.5 Å². The molecule has 1 unspecified atom stereocenters. The summed E-state index contributed by atoms with van der Waals surface area (Å²) in [5.41, 5.74) is -0.948. The molecule has 1 atom stereocenters. The molecule has 0 radical (unpaired) electrons. The fourth-order valence-corrected chi connectivity index (χ4v) is 4.13. The summed E-state index contributed by atoms with van der Waals surface area (Å²) in [5, 5.41) is 10.3. The maximum Gasteiger partial charge on any atom is 0.243 e. The fraction of sp³-hybridized carbons (Fsp3) is 0.455. The Labute approximate surface area is 120 Å². The van der Waals surface area contributed by atoms with Crippen molar-refractivity contribution in [1.82, 2.24) is 4.31 Å². The highest BCUT2D eigenvalue weighted by atomic mass is 79.9. The third-order valence-corrected chi connectivity index (χ3v) is 6.00. The van der Waals surface area contributed by atoms with Crippen molar-refractivity contribution in [1.29, 1.82) is 0 Å². The van der Waals surface area contributed by atoms with Gasteiger partial charge in [0.1, 0.15) is 0 Å². The molecule has 1 N–H and O–H groups in total. The molecule has 1 heterocycles. The van der Waals surface area contributed by atoms with Crippen molar-refractivity contribution in [3.8, 4) is 0 Å². The molecule has 100 valence electrons. The molecule has 7 heteroatoms. The number of benzene rings is 1. The minimum atomic E-state index is -3.56. The minimum absolute atomic E-state index is 0.121. The highest BCUT2D eigenvalue weighted by Gasteiger charge is 2.38. The van der Waals surface area contributed by atoms with Gasteiger partial charge in [-0.25, -0.2) is 8.42 Å². The first kappa shape index (κ1) is 14.3. The van der Waals surface area contributed by atoms with Gasteiger partial charge in [-0.05, 0) is 47.5 Å². The van der Waals surface area contributed by atoms with Gasteiger partial charge in [-0.3, -0.25) is 0 Å². The predicted molar refractivity (Wildman–Crippen MR) is 73.2 cm³/mol. The summed E-state index contributed by atoms with van der Waals surface area (Å²) >= 11 is 9.05. The van der Waals surface area contributed by atoms with Crippen LogP contribution in [-0.4, -0.2) is 36.5 Å². The van der Waals surface area contributed by atoms with Gasteiger partial charge in [-0.15, -0.1) is 0 Å². The molecule has 0 saturated carbocycles. The monoisotopic (exact) mass is 353 g/mol. The lowest BCUT2D eigenvalue weighted by Crippen LogP contribution is -2.33. The lowest BCUT2D eigenvalue weighted by Gasteiger charge is -2.19. The van der Waals surface area contributed by atoms with E-state index in [-0.39, 0.29) is 11.4 Å². The highest BCUT2D eigenvalue weighted by molar-refractivity contribution is 9.10. The van der Waals surface area contributed by atoms with Crippen LogP contribution >= 0.6 is 27.5 Å². The summed E-state index contributed by atoms with van der Waals surface area (Å²) in [6.07, 6.45) is 0.445. The van der Waals surface area contributed by atoms with E-state index in [0.717, 1.165) is 0 Å². The van der Waals surface area contributed by atoms with Gasteiger partial charge < -0.3 is 5.11 Å². The first-order valence-electron chi connectivity index (χ1n) is 5.40. The van der Waals surface area contributed by atoms with Gasteiger partial charge in [0.05, 0.1) is 15.5 Å². The number of aliphatic hydroxyl groups is 1. The van der Waals surface area contributed by atoms with Crippen LogP contribution in [0.25, 0.3) is 0 Å². The maximum atomic E-state index is 12.3. The molecule has 0 aliphatic carbocycles. The molecule has 2 rings (SSSR count). The summed E-state index contributed by atoms with van der Waals surface area (Å²) in [5.74, 6) is 0. The SMILES string of the molecule is CC1(O)CCN(S(=O)(=O)c2ccc(Cl)c(Br)c2)C1. The number of halogens is 2.